The van der Waals surface area contributed by atoms with Gasteiger partial charge in [0.2, 0.25) is 5.43 Å². The first-order valence-electron chi connectivity index (χ1n) is 13.8. The lowest BCUT2D eigenvalue weighted by molar-refractivity contribution is 0.102. The zero-order valence-electron chi connectivity index (χ0n) is 24.0. The molecule has 0 saturated heterocycles. The molecule has 0 saturated carbocycles. The highest BCUT2D eigenvalue weighted by atomic mass is 16.5. The summed E-state index contributed by atoms with van der Waals surface area (Å²) in [4.78, 5) is 28.3. The Hall–Kier alpha value is -4.82. The summed E-state index contributed by atoms with van der Waals surface area (Å²) in [5.41, 5.74) is 2.66. The molecule has 5 aromatic rings. The van der Waals surface area contributed by atoms with Gasteiger partial charge in [-0.1, -0.05) is 24.3 Å². The molecule has 42 heavy (non-hydrogen) atoms. The molecule has 216 valence electrons. The molecule has 0 bridgehead atoms. The molecule has 8 nitrogen and oxygen atoms in total. The summed E-state index contributed by atoms with van der Waals surface area (Å²) in [6.07, 6.45) is 1.79. The quantitative estimate of drug-likeness (QED) is 0.143. The van der Waals surface area contributed by atoms with Gasteiger partial charge in [0.25, 0.3) is 5.91 Å². The molecule has 1 N–H and O–H groups in total. The van der Waals surface area contributed by atoms with Crippen LogP contribution in [-0.4, -0.2) is 51.8 Å². The minimum atomic E-state index is -0.358. The van der Waals surface area contributed by atoms with E-state index in [0.717, 1.165) is 43.2 Å². The number of carbonyl (C=O) groups is 1. The Morgan fingerprint density at radius 2 is 1.62 bits per heavy atom. The fourth-order valence-corrected chi connectivity index (χ4v) is 4.83. The number of rotatable bonds is 12. The molecule has 1 heterocycles. The van der Waals surface area contributed by atoms with Crippen LogP contribution in [0.5, 0.6) is 17.2 Å². The Morgan fingerprint density at radius 3 is 2.40 bits per heavy atom. The van der Waals surface area contributed by atoms with Gasteiger partial charge >= 0.3 is 0 Å². The van der Waals surface area contributed by atoms with Crippen LogP contribution in [0.1, 0.15) is 22.3 Å². The van der Waals surface area contributed by atoms with Gasteiger partial charge in [-0.3, -0.25) is 9.59 Å². The number of benzene rings is 4. The maximum Gasteiger partial charge on any atom is 0.259 e. The monoisotopic (exact) mass is 566 g/mol. The lowest BCUT2D eigenvalue weighted by atomic mass is 10.1. The fraction of sp³-hybridized carbons (Fsp3) is 0.235. The van der Waals surface area contributed by atoms with Gasteiger partial charge in [-0.15, -0.1) is 0 Å². The number of ether oxygens (including phenoxy) is 3. The van der Waals surface area contributed by atoms with Crippen molar-refractivity contribution in [1.29, 1.82) is 0 Å². The maximum absolute atomic E-state index is 13.1. The summed E-state index contributed by atoms with van der Waals surface area (Å²) in [5, 5.41) is 3.75. The van der Waals surface area contributed by atoms with Crippen molar-refractivity contribution in [3.8, 4) is 17.2 Å². The van der Waals surface area contributed by atoms with Gasteiger partial charge in [-0.2, -0.15) is 0 Å². The number of anilines is 1. The molecule has 1 amide bonds. The van der Waals surface area contributed by atoms with Crippen LogP contribution in [0, 0.1) is 0 Å². The third-order valence-electron chi connectivity index (χ3n) is 7.14. The molecular formula is C34H34N2O6. The van der Waals surface area contributed by atoms with Crippen LogP contribution in [0.4, 0.5) is 5.69 Å². The summed E-state index contributed by atoms with van der Waals surface area (Å²) in [5.74, 6) is 1.84. The highest BCUT2D eigenvalue weighted by Gasteiger charge is 2.16. The van der Waals surface area contributed by atoms with E-state index in [-0.39, 0.29) is 16.9 Å². The number of amides is 1. The largest absolute Gasteiger partial charge is 0.494 e. The Labute approximate surface area is 244 Å². The zero-order valence-corrected chi connectivity index (χ0v) is 24.0. The number of para-hydroxylation sites is 2. The van der Waals surface area contributed by atoms with Gasteiger partial charge in [0.15, 0.2) is 17.1 Å². The number of likely N-dealkylation sites (N-methyl/N-ethyl adjacent to an activating group) is 1. The molecular weight excluding hydrogens is 532 g/mol. The molecule has 0 aliphatic carbocycles. The van der Waals surface area contributed by atoms with Crippen molar-refractivity contribution in [3.63, 3.8) is 0 Å². The topological polar surface area (TPSA) is 90.2 Å². The Kier molecular flexibility index (Phi) is 9.04. The summed E-state index contributed by atoms with van der Waals surface area (Å²) < 4.78 is 22.6. The minimum absolute atomic E-state index is 0.160. The van der Waals surface area contributed by atoms with E-state index in [0.29, 0.717) is 34.2 Å². The van der Waals surface area contributed by atoms with Crippen molar-refractivity contribution in [1.82, 2.24) is 4.90 Å². The number of hydrogen-bond acceptors (Lipinski definition) is 7. The lowest BCUT2D eigenvalue weighted by Gasteiger charge is -2.17. The van der Waals surface area contributed by atoms with Crippen LogP contribution in [0.2, 0.25) is 0 Å². The number of hydrogen-bond donors (Lipinski definition) is 1. The number of nitrogens with one attached hydrogen (secondary N) is 1. The summed E-state index contributed by atoms with van der Waals surface area (Å²) in [7, 11) is 5.38. The molecule has 0 atom stereocenters. The highest BCUT2D eigenvalue weighted by molar-refractivity contribution is 6.12. The van der Waals surface area contributed by atoms with Crippen molar-refractivity contribution in [2.45, 2.75) is 12.8 Å². The molecule has 8 heteroatoms. The first-order valence-corrected chi connectivity index (χ1v) is 13.8. The van der Waals surface area contributed by atoms with Gasteiger partial charge in [-0.25, -0.2) is 0 Å². The summed E-state index contributed by atoms with van der Waals surface area (Å²) in [6, 6.07) is 25.3. The van der Waals surface area contributed by atoms with Crippen LogP contribution in [0.3, 0.4) is 0 Å². The van der Waals surface area contributed by atoms with Gasteiger partial charge in [-0.05, 0) is 86.1 Å². The van der Waals surface area contributed by atoms with Crippen molar-refractivity contribution >= 4 is 33.5 Å². The van der Waals surface area contributed by atoms with Crippen molar-refractivity contribution in [2.75, 3.05) is 46.3 Å². The van der Waals surface area contributed by atoms with Crippen LogP contribution in [0.25, 0.3) is 21.9 Å². The van der Waals surface area contributed by atoms with E-state index < -0.39 is 0 Å². The minimum Gasteiger partial charge on any atom is -0.494 e. The maximum atomic E-state index is 13.1. The highest BCUT2D eigenvalue weighted by Crippen LogP contribution is 2.28. The molecule has 0 spiro atoms. The van der Waals surface area contributed by atoms with E-state index >= 15 is 0 Å². The third-order valence-corrected chi connectivity index (χ3v) is 7.14. The number of nitrogens with zero attached hydrogens (tertiary/aromatic N) is 1. The van der Waals surface area contributed by atoms with Crippen LogP contribution in [0.15, 0.2) is 94.1 Å². The van der Waals surface area contributed by atoms with Gasteiger partial charge < -0.3 is 28.8 Å². The molecule has 0 aliphatic heterocycles. The average molecular weight is 567 g/mol. The molecule has 1 aromatic heterocycles. The van der Waals surface area contributed by atoms with Crippen molar-refractivity contribution in [2.24, 2.45) is 0 Å². The number of carbonyl (C=O) groups excluding carboxylic acids is 1. The molecule has 4 aromatic carbocycles. The predicted molar refractivity (Wildman–Crippen MR) is 165 cm³/mol. The van der Waals surface area contributed by atoms with E-state index in [4.69, 9.17) is 18.6 Å². The van der Waals surface area contributed by atoms with Crippen LogP contribution in [-0.2, 0) is 6.42 Å². The van der Waals surface area contributed by atoms with E-state index in [2.05, 4.69) is 23.3 Å². The van der Waals surface area contributed by atoms with Crippen molar-refractivity contribution in [3.05, 3.63) is 106 Å². The first-order chi connectivity index (χ1) is 20.5. The van der Waals surface area contributed by atoms with Gasteiger partial charge in [0.05, 0.1) is 37.2 Å². The molecule has 0 aliphatic rings. The number of fused-ring (bicyclic) bond motifs is 2. The first kappa shape index (κ1) is 28.7. The van der Waals surface area contributed by atoms with E-state index in [9.17, 15) is 9.59 Å². The predicted octanol–water partition coefficient (Wildman–Crippen LogP) is 6.16. The molecule has 0 unspecified atom stereocenters. The van der Waals surface area contributed by atoms with Gasteiger partial charge in [0.1, 0.15) is 11.3 Å². The Bertz CT molecular complexity index is 1750. The SMILES string of the molecule is COc1ccc(CCN(C)CCCOc2ccc(NC(=O)c3cccc4c(=O)c5ccccc5oc34)cc2)cc1OC. The van der Waals surface area contributed by atoms with E-state index in [1.54, 1.807) is 68.8 Å². The average Bonchev–Trinajstić information content (AvgIpc) is 3.02. The standard InChI is InChI=1S/C34H34N2O6/c1-36(20-18-23-12-17-30(39-2)31(22-23)40-3)19-7-21-41-25-15-13-24(14-16-25)35-34(38)28-10-6-9-27-32(37)26-8-4-5-11-29(26)42-33(27)28/h4-6,8-17,22H,7,18-21H2,1-3H3,(H,35,38). The lowest BCUT2D eigenvalue weighted by Crippen LogP contribution is -2.23. The summed E-state index contributed by atoms with van der Waals surface area (Å²) in [6.45, 7) is 2.40. The van der Waals surface area contributed by atoms with E-state index in [1.165, 1.54) is 5.56 Å². The second kappa shape index (κ2) is 13.2. The van der Waals surface area contributed by atoms with Crippen molar-refractivity contribution < 1.29 is 23.4 Å². The third kappa shape index (κ3) is 6.56. The zero-order chi connectivity index (χ0) is 29.5. The number of methoxy groups -OCH3 is 2. The second-order valence-corrected chi connectivity index (χ2v) is 10.0. The normalized spacial score (nSPS) is 11.1. The second-order valence-electron chi connectivity index (χ2n) is 10.0. The fourth-order valence-electron chi connectivity index (χ4n) is 4.83. The molecule has 0 radical (unpaired) electrons. The molecule has 0 fully saturated rings. The Morgan fingerprint density at radius 1 is 0.857 bits per heavy atom. The van der Waals surface area contributed by atoms with Gasteiger partial charge in [0, 0.05) is 18.8 Å². The molecule has 5 rings (SSSR count). The Balaban J connectivity index is 1.11. The van der Waals surface area contributed by atoms with Crippen LogP contribution >= 0.6 is 0 Å². The smallest absolute Gasteiger partial charge is 0.259 e. The summed E-state index contributed by atoms with van der Waals surface area (Å²) >= 11 is 0. The van der Waals surface area contributed by atoms with Crippen LogP contribution < -0.4 is 25.0 Å². The van der Waals surface area contributed by atoms with E-state index in [1.807, 2.05) is 24.3 Å².